The second kappa shape index (κ2) is 4.26. The lowest BCUT2D eigenvalue weighted by atomic mass is 10.1. The van der Waals surface area contributed by atoms with Gasteiger partial charge in [-0.3, -0.25) is 0 Å². The van der Waals surface area contributed by atoms with Crippen molar-refractivity contribution in [3.63, 3.8) is 0 Å². The first-order chi connectivity index (χ1) is 7.58. The summed E-state index contributed by atoms with van der Waals surface area (Å²) >= 11 is 6.06. The van der Waals surface area contributed by atoms with E-state index < -0.39 is 0 Å². The van der Waals surface area contributed by atoms with Gasteiger partial charge in [0.15, 0.2) is 0 Å². The quantitative estimate of drug-likeness (QED) is 0.738. The second-order valence-electron chi connectivity index (χ2n) is 4.09. The SMILES string of the molecule is CC1=NC(Cl)=C(c2ccc(N(C)C)nc2)C1. The number of aliphatic imine (C=N–C) groups is 1. The number of nitrogens with zero attached hydrogens (tertiary/aromatic N) is 3. The van der Waals surface area contributed by atoms with Crippen molar-refractivity contribution in [3.8, 4) is 0 Å². The summed E-state index contributed by atoms with van der Waals surface area (Å²) in [4.78, 5) is 10.6. The summed E-state index contributed by atoms with van der Waals surface area (Å²) in [6.07, 6.45) is 2.67. The molecule has 0 aromatic carbocycles. The van der Waals surface area contributed by atoms with E-state index in [0.717, 1.165) is 29.1 Å². The van der Waals surface area contributed by atoms with E-state index in [4.69, 9.17) is 11.6 Å². The zero-order chi connectivity index (χ0) is 11.7. The zero-order valence-corrected chi connectivity index (χ0v) is 10.4. The maximum absolute atomic E-state index is 6.06. The Bertz CT molecular complexity index is 458. The third kappa shape index (κ3) is 2.09. The molecule has 0 N–H and O–H groups in total. The van der Waals surface area contributed by atoms with E-state index in [0.29, 0.717) is 5.16 Å². The highest BCUT2D eigenvalue weighted by Gasteiger charge is 2.15. The minimum atomic E-state index is 0.594. The third-order valence-corrected chi connectivity index (χ3v) is 2.84. The molecule has 2 rings (SSSR count). The first-order valence-electron chi connectivity index (χ1n) is 5.14. The van der Waals surface area contributed by atoms with Gasteiger partial charge >= 0.3 is 0 Å². The molecule has 0 radical (unpaired) electrons. The number of pyridine rings is 1. The molecule has 84 valence electrons. The molecule has 4 heteroatoms. The van der Waals surface area contributed by atoms with E-state index in [1.54, 1.807) is 0 Å². The normalized spacial score (nSPS) is 15.4. The van der Waals surface area contributed by atoms with Gasteiger partial charge in [-0.1, -0.05) is 11.6 Å². The van der Waals surface area contributed by atoms with E-state index in [-0.39, 0.29) is 0 Å². The van der Waals surface area contributed by atoms with Gasteiger partial charge in [0, 0.05) is 38.0 Å². The highest BCUT2D eigenvalue weighted by Crippen LogP contribution is 2.31. The van der Waals surface area contributed by atoms with Gasteiger partial charge in [0.1, 0.15) is 11.0 Å². The fourth-order valence-corrected chi connectivity index (χ4v) is 1.97. The molecular weight excluding hydrogens is 222 g/mol. The summed E-state index contributed by atoms with van der Waals surface area (Å²) in [6.45, 7) is 1.98. The summed E-state index contributed by atoms with van der Waals surface area (Å²) in [7, 11) is 3.94. The smallest absolute Gasteiger partial charge is 0.133 e. The first kappa shape index (κ1) is 11.1. The lowest BCUT2D eigenvalue weighted by Gasteiger charge is -2.11. The van der Waals surface area contributed by atoms with E-state index >= 15 is 0 Å². The van der Waals surface area contributed by atoms with Crippen LogP contribution in [0.1, 0.15) is 18.9 Å². The Labute approximate surface area is 100 Å². The number of anilines is 1. The van der Waals surface area contributed by atoms with Crippen LogP contribution in [-0.4, -0.2) is 24.8 Å². The second-order valence-corrected chi connectivity index (χ2v) is 4.45. The Morgan fingerprint density at radius 3 is 2.50 bits per heavy atom. The minimum Gasteiger partial charge on any atom is -0.363 e. The van der Waals surface area contributed by atoms with Crippen molar-refractivity contribution in [1.29, 1.82) is 0 Å². The van der Waals surface area contributed by atoms with Crippen LogP contribution in [0.5, 0.6) is 0 Å². The fourth-order valence-electron chi connectivity index (χ4n) is 1.65. The number of aromatic nitrogens is 1. The van der Waals surface area contributed by atoms with Gasteiger partial charge in [-0.15, -0.1) is 0 Å². The summed E-state index contributed by atoms with van der Waals surface area (Å²) in [5, 5.41) is 0.594. The molecule has 0 unspecified atom stereocenters. The maximum atomic E-state index is 6.06. The summed E-state index contributed by atoms with van der Waals surface area (Å²) in [5.41, 5.74) is 3.17. The van der Waals surface area contributed by atoms with E-state index in [2.05, 4.69) is 9.98 Å². The molecule has 16 heavy (non-hydrogen) atoms. The molecule has 0 saturated heterocycles. The molecule has 0 aliphatic carbocycles. The first-order valence-corrected chi connectivity index (χ1v) is 5.52. The van der Waals surface area contributed by atoms with E-state index in [1.807, 2.05) is 44.2 Å². The number of rotatable bonds is 2. The largest absolute Gasteiger partial charge is 0.363 e. The van der Waals surface area contributed by atoms with Crippen molar-refractivity contribution in [3.05, 3.63) is 29.0 Å². The van der Waals surface area contributed by atoms with Crippen molar-refractivity contribution >= 4 is 28.7 Å². The monoisotopic (exact) mass is 235 g/mol. The summed E-state index contributed by atoms with van der Waals surface area (Å²) in [5.74, 6) is 0.941. The fraction of sp³-hybridized carbons (Fsp3) is 0.333. The van der Waals surface area contributed by atoms with Crippen LogP contribution >= 0.6 is 11.6 Å². The van der Waals surface area contributed by atoms with Gasteiger partial charge in [0.05, 0.1) is 0 Å². The maximum Gasteiger partial charge on any atom is 0.133 e. The van der Waals surface area contributed by atoms with Crippen molar-refractivity contribution in [1.82, 2.24) is 4.98 Å². The Morgan fingerprint density at radius 2 is 2.06 bits per heavy atom. The number of halogens is 1. The predicted octanol–water partition coefficient (Wildman–Crippen LogP) is 2.92. The molecule has 0 bridgehead atoms. The topological polar surface area (TPSA) is 28.5 Å². The average molecular weight is 236 g/mol. The van der Waals surface area contributed by atoms with Gasteiger partial charge in [-0.2, -0.15) is 0 Å². The number of allylic oxidation sites excluding steroid dienone is 1. The Morgan fingerprint density at radius 1 is 1.31 bits per heavy atom. The van der Waals surface area contributed by atoms with E-state index in [1.165, 1.54) is 0 Å². The van der Waals surface area contributed by atoms with Gasteiger partial charge in [-0.05, 0) is 24.6 Å². The molecule has 0 saturated carbocycles. The van der Waals surface area contributed by atoms with Gasteiger partial charge in [-0.25, -0.2) is 9.98 Å². The highest BCUT2D eigenvalue weighted by atomic mass is 35.5. The van der Waals surface area contributed by atoms with Crippen molar-refractivity contribution < 1.29 is 0 Å². The lowest BCUT2D eigenvalue weighted by molar-refractivity contribution is 1.07. The van der Waals surface area contributed by atoms with Crippen LogP contribution in [0.4, 0.5) is 5.82 Å². The van der Waals surface area contributed by atoms with E-state index in [9.17, 15) is 0 Å². The number of hydrogen-bond donors (Lipinski definition) is 0. The van der Waals surface area contributed by atoms with Crippen LogP contribution in [0.25, 0.3) is 5.57 Å². The molecule has 0 spiro atoms. The van der Waals surface area contributed by atoms with Crippen LogP contribution < -0.4 is 4.90 Å². The molecule has 0 atom stereocenters. The molecule has 0 amide bonds. The lowest BCUT2D eigenvalue weighted by Crippen LogP contribution is -2.10. The highest BCUT2D eigenvalue weighted by molar-refractivity contribution is 6.34. The molecule has 2 heterocycles. The minimum absolute atomic E-state index is 0.594. The van der Waals surface area contributed by atoms with Crippen LogP contribution in [0.3, 0.4) is 0 Å². The Balaban J connectivity index is 2.27. The van der Waals surface area contributed by atoms with Gasteiger partial charge < -0.3 is 4.90 Å². The molecule has 0 fully saturated rings. The molecule has 1 aromatic rings. The number of hydrogen-bond acceptors (Lipinski definition) is 3. The van der Waals surface area contributed by atoms with Crippen molar-refractivity contribution in [2.45, 2.75) is 13.3 Å². The molecular formula is C12H14ClN3. The van der Waals surface area contributed by atoms with Crippen LogP contribution in [0.15, 0.2) is 28.5 Å². The summed E-state index contributed by atoms with van der Waals surface area (Å²) < 4.78 is 0. The molecule has 1 aliphatic rings. The third-order valence-electron chi connectivity index (χ3n) is 2.53. The molecule has 3 nitrogen and oxygen atoms in total. The van der Waals surface area contributed by atoms with Crippen LogP contribution in [-0.2, 0) is 0 Å². The zero-order valence-electron chi connectivity index (χ0n) is 9.66. The Hall–Kier alpha value is -1.35. The van der Waals surface area contributed by atoms with Gasteiger partial charge in [0.2, 0.25) is 0 Å². The van der Waals surface area contributed by atoms with Crippen molar-refractivity contribution in [2.24, 2.45) is 4.99 Å². The summed E-state index contributed by atoms with van der Waals surface area (Å²) in [6, 6.07) is 4.02. The predicted molar refractivity (Wildman–Crippen MR) is 69.1 cm³/mol. The average Bonchev–Trinajstić information content (AvgIpc) is 2.58. The molecule has 1 aliphatic heterocycles. The van der Waals surface area contributed by atoms with Gasteiger partial charge in [0.25, 0.3) is 0 Å². The van der Waals surface area contributed by atoms with Crippen LogP contribution in [0.2, 0.25) is 0 Å². The van der Waals surface area contributed by atoms with Crippen molar-refractivity contribution in [2.75, 3.05) is 19.0 Å². The Kier molecular flexibility index (Phi) is 2.97. The molecule has 1 aromatic heterocycles. The standard InChI is InChI=1S/C12H14ClN3/c1-8-6-10(12(13)15-8)9-4-5-11(14-7-9)16(2)3/h4-5,7H,6H2,1-3H3. The van der Waals surface area contributed by atoms with Crippen LogP contribution in [0, 0.1) is 0 Å².